The van der Waals surface area contributed by atoms with Gasteiger partial charge in [0.2, 0.25) is 0 Å². The highest BCUT2D eigenvalue weighted by molar-refractivity contribution is 7.98. The van der Waals surface area contributed by atoms with Crippen LogP contribution < -0.4 is 10.6 Å². The van der Waals surface area contributed by atoms with Gasteiger partial charge in [0.05, 0.1) is 0 Å². The first-order chi connectivity index (χ1) is 11.3. The number of thioether (sulfide) groups is 1. The topological polar surface area (TPSA) is 76.4 Å². The summed E-state index contributed by atoms with van der Waals surface area (Å²) in [4.78, 5) is 4.62. The molecule has 1 rings (SSSR count). The largest absolute Gasteiger partial charge is 0.385 e. The van der Waals surface area contributed by atoms with Crippen LogP contribution in [0, 0.1) is 0 Å². The number of aromatic nitrogens is 3. The third kappa shape index (κ3) is 8.80. The Hall–Kier alpha value is -1.28. The zero-order chi connectivity index (χ0) is 16.8. The van der Waals surface area contributed by atoms with Gasteiger partial charge in [-0.05, 0) is 24.9 Å². The summed E-state index contributed by atoms with van der Waals surface area (Å²) in [5.41, 5.74) is 0. The molecular formula is C15H30N6OS. The predicted molar refractivity (Wildman–Crippen MR) is 97.2 cm³/mol. The van der Waals surface area contributed by atoms with Crippen molar-refractivity contribution >= 4 is 17.7 Å². The Bertz CT molecular complexity index is 437. The number of methoxy groups -OCH3 is 1. The predicted octanol–water partition coefficient (Wildman–Crippen LogP) is 1.17. The van der Waals surface area contributed by atoms with E-state index in [-0.39, 0.29) is 0 Å². The van der Waals surface area contributed by atoms with Gasteiger partial charge in [0.25, 0.3) is 0 Å². The summed E-state index contributed by atoms with van der Waals surface area (Å²) < 4.78 is 7.14. The number of aryl methyl sites for hydroxylation is 1. The minimum atomic E-state index is 0.757. The molecule has 0 unspecified atom stereocenters. The van der Waals surface area contributed by atoms with Crippen molar-refractivity contribution < 1.29 is 4.74 Å². The van der Waals surface area contributed by atoms with E-state index in [1.54, 1.807) is 13.4 Å². The van der Waals surface area contributed by atoms with Gasteiger partial charge in [0.1, 0.15) is 12.2 Å². The number of nitrogens with one attached hydrogen (secondary N) is 2. The fourth-order valence-corrected chi connectivity index (χ4v) is 2.45. The van der Waals surface area contributed by atoms with E-state index < -0.39 is 0 Å². The van der Waals surface area contributed by atoms with Crippen molar-refractivity contribution in [2.45, 2.75) is 32.7 Å². The molecule has 0 saturated heterocycles. The van der Waals surface area contributed by atoms with Gasteiger partial charge in [-0.3, -0.25) is 4.99 Å². The van der Waals surface area contributed by atoms with Crippen molar-refractivity contribution in [1.29, 1.82) is 0 Å². The summed E-state index contributed by atoms with van der Waals surface area (Å²) in [5, 5.41) is 14.8. The molecule has 0 aromatic carbocycles. The molecule has 0 atom stereocenters. The van der Waals surface area contributed by atoms with Crippen LogP contribution in [0.4, 0.5) is 0 Å². The molecule has 7 nitrogen and oxygen atoms in total. The van der Waals surface area contributed by atoms with Gasteiger partial charge in [-0.2, -0.15) is 11.8 Å². The number of nitrogens with zero attached hydrogens (tertiary/aromatic N) is 4. The molecule has 1 aromatic heterocycles. The van der Waals surface area contributed by atoms with Gasteiger partial charge in [0, 0.05) is 46.3 Å². The van der Waals surface area contributed by atoms with Crippen LogP contribution in [0.3, 0.4) is 0 Å². The molecule has 2 N–H and O–H groups in total. The zero-order valence-electron chi connectivity index (χ0n) is 14.5. The molecule has 132 valence electrons. The average molecular weight is 343 g/mol. The van der Waals surface area contributed by atoms with Gasteiger partial charge < -0.3 is 19.9 Å². The Morgan fingerprint density at radius 1 is 1.35 bits per heavy atom. The standard InChI is InChI=1S/C15H30N6OS/c1-4-14-20-19-13-21(14)10-9-18-15(16-7-5-11-22-2)17-8-6-12-23-3/h13H,4-12H2,1-3H3,(H2,16,17,18). The van der Waals surface area contributed by atoms with Gasteiger partial charge in [-0.1, -0.05) is 6.92 Å². The monoisotopic (exact) mass is 342 g/mol. The summed E-state index contributed by atoms with van der Waals surface area (Å²) in [5.74, 6) is 3.02. The Morgan fingerprint density at radius 2 is 2.17 bits per heavy atom. The molecule has 0 aliphatic carbocycles. The number of guanidine groups is 1. The molecule has 1 aromatic rings. The summed E-state index contributed by atoms with van der Waals surface area (Å²) in [6.07, 6.45) is 6.86. The molecular weight excluding hydrogens is 312 g/mol. The molecule has 0 aliphatic rings. The average Bonchev–Trinajstić information content (AvgIpc) is 3.02. The van der Waals surface area contributed by atoms with Gasteiger partial charge in [-0.15, -0.1) is 10.2 Å². The number of ether oxygens (including phenoxy) is 1. The van der Waals surface area contributed by atoms with E-state index in [0.717, 1.165) is 69.6 Å². The first-order valence-corrected chi connectivity index (χ1v) is 9.58. The summed E-state index contributed by atoms with van der Waals surface area (Å²) in [7, 11) is 1.72. The molecule has 23 heavy (non-hydrogen) atoms. The summed E-state index contributed by atoms with van der Waals surface area (Å²) in [6, 6.07) is 0. The summed E-state index contributed by atoms with van der Waals surface area (Å²) >= 11 is 1.85. The second-order valence-corrected chi connectivity index (χ2v) is 6.06. The Balaban J connectivity index is 2.37. The first-order valence-electron chi connectivity index (χ1n) is 8.18. The van der Waals surface area contributed by atoms with Crippen molar-refractivity contribution in [3.63, 3.8) is 0 Å². The van der Waals surface area contributed by atoms with Crippen molar-refractivity contribution in [2.24, 2.45) is 4.99 Å². The highest BCUT2D eigenvalue weighted by atomic mass is 32.2. The van der Waals surface area contributed by atoms with E-state index in [1.165, 1.54) is 0 Å². The summed E-state index contributed by atoms with van der Waals surface area (Å²) in [6.45, 7) is 6.17. The molecule has 0 fully saturated rings. The molecule has 0 aliphatic heterocycles. The van der Waals surface area contributed by atoms with E-state index in [1.807, 2.05) is 11.8 Å². The van der Waals surface area contributed by atoms with Crippen LogP contribution in [-0.4, -0.2) is 66.1 Å². The lowest BCUT2D eigenvalue weighted by atomic mass is 10.4. The van der Waals surface area contributed by atoms with Crippen LogP contribution in [0.25, 0.3) is 0 Å². The second kappa shape index (κ2) is 13.2. The molecule has 8 heteroatoms. The number of aliphatic imine (C=N–C) groups is 1. The van der Waals surface area contributed by atoms with Crippen LogP contribution in [0.2, 0.25) is 0 Å². The van der Waals surface area contributed by atoms with Crippen LogP contribution in [0.15, 0.2) is 11.3 Å². The van der Waals surface area contributed by atoms with E-state index >= 15 is 0 Å². The van der Waals surface area contributed by atoms with Crippen LogP contribution in [0.5, 0.6) is 0 Å². The number of hydrogen-bond donors (Lipinski definition) is 2. The minimum absolute atomic E-state index is 0.757. The molecule has 0 radical (unpaired) electrons. The zero-order valence-corrected chi connectivity index (χ0v) is 15.4. The lowest BCUT2D eigenvalue weighted by Crippen LogP contribution is -2.40. The maximum atomic E-state index is 5.07. The first kappa shape index (κ1) is 19.8. The fraction of sp³-hybridized carbons (Fsp3) is 0.800. The van der Waals surface area contributed by atoms with Gasteiger partial charge in [0.15, 0.2) is 5.96 Å². The van der Waals surface area contributed by atoms with Crippen LogP contribution in [0.1, 0.15) is 25.6 Å². The third-order valence-corrected chi connectivity index (χ3v) is 3.95. The number of hydrogen-bond acceptors (Lipinski definition) is 5. The number of rotatable bonds is 12. The normalized spacial score (nSPS) is 11.7. The van der Waals surface area contributed by atoms with Gasteiger partial charge >= 0.3 is 0 Å². The lowest BCUT2D eigenvalue weighted by Gasteiger charge is -2.13. The van der Waals surface area contributed by atoms with Crippen molar-refractivity contribution in [2.75, 3.05) is 45.4 Å². The van der Waals surface area contributed by atoms with E-state index in [0.29, 0.717) is 0 Å². The van der Waals surface area contributed by atoms with Crippen molar-refractivity contribution in [3.8, 4) is 0 Å². The molecule has 1 heterocycles. The van der Waals surface area contributed by atoms with Gasteiger partial charge in [-0.25, -0.2) is 0 Å². The Morgan fingerprint density at radius 3 is 2.91 bits per heavy atom. The molecule has 0 saturated carbocycles. The fourth-order valence-electron chi connectivity index (χ4n) is 2.03. The van der Waals surface area contributed by atoms with E-state index in [4.69, 9.17) is 4.74 Å². The van der Waals surface area contributed by atoms with Crippen LogP contribution in [-0.2, 0) is 17.7 Å². The van der Waals surface area contributed by atoms with Crippen molar-refractivity contribution in [3.05, 3.63) is 12.2 Å². The SMILES string of the molecule is CCc1nncn1CCNC(=NCCCSC)NCCCOC. The Labute approximate surface area is 143 Å². The Kier molecular flexibility index (Phi) is 11.3. The highest BCUT2D eigenvalue weighted by Gasteiger charge is 2.02. The van der Waals surface area contributed by atoms with Crippen molar-refractivity contribution in [1.82, 2.24) is 25.4 Å². The van der Waals surface area contributed by atoms with E-state index in [2.05, 4.69) is 43.6 Å². The molecule has 0 amide bonds. The lowest BCUT2D eigenvalue weighted by molar-refractivity contribution is 0.195. The highest BCUT2D eigenvalue weighted by Crippen LogP contribution is 1.96. The smallest absolute Gasteiger partial charge is 0.191 e. The second-order valence-electron chi connectivity index (χ2n) is 5.07. The quantitative estimate of drug-likeness (QED) is 0.337. The molecule has 0 bridgehead atoms. The maximum Gasteiger partial charge on any atom is 0.191 e. The molecule has 0 spiro atoms. The van der Waals surface area contributed by atoms with Crippen LogP contribution >= 0.6 is 11.8 Å². The third-order valence-electron chi connectivity index (χ3n) is 3.25. The minimum Gasteiger partial charge on any atom is -0.385 e. The van der Waals surface area contributed by atoms with E-state index in [9.17, 15) is 0 Å². The maximum absolute atomic E-state index is 5.07.